The molecular formula is C16H22F2N4. The van der Waals surface area contributed by atoms with Crippen LogP contribution >= 0.6 is 0 Å². The van der Waals surface area contributed by atoms with Gasteiger partial charge < -0.3 is 5.32 Å². The summed E-state index contributed by atoms with van der Waals surface area (Å²) in [4.78, 5) is 4.33. The van der Waals surface area contributed by atoms with Crippen LogP contribution in [0.1, 0.15) is 50.9 Å². The van der Waals surface area contributed by atoms with Crippen molar-refractivity contribution in [2.45, 2.75) is 46.7 Å². The molecule has 0 amide bonds. The minimum absolute atomic E-state index is 0.244. The van der Waals surface area contributed by atoms with Gasteiger partial charge in [-0.25, -0.2) is 13.8 Å². The van der Waals surface area contributed by atoms with Crippen LogP contribution in [-0.2, 0) is 13.0 Å². The summed E-state index contributed by atoms with van der Waals surface area (Å²) < 4.78 is 27.2. The van der Waals surface area contributed by atoms with E-state index in [0.717, 1.165) is 18.3 Å². The van der Waals surface area contributed by atoms with E-state index in [0.29, 0.717) is 17.9 Å². The third-order valence-electron chi connectivity index (χ3n) is 3.51. The lowest BCUT2D eigenvalue weighted by molar-refractivity contribution is 0.262. The molecule has 0 bridgehead atoms. The molecule has 1 atom stereocenters. The number of H-pyrrole nitrogens is 1. The van der Waals surface area contributed by atoms with Gasteiger partial charge in [-0.1, -0.05) is 33.8 Å². The maximum Gasteiger partial charge on any atom is 0.150 e. The van der Waals surface area contributed by atoms with Crippen molar-refractivity contribution in [3.63, 3.8) is 0 Å². The van der Waals surface area contributed by atoms with E-state index in [-0.39, 0.29) is 11.5 Å². The van der Waals surface area contributed by atoms with E-state index in [1.807, 2.05) is 27.7 Å². The molecule has 0 radical (unpaired) electrons. The molecular weight excluding hydrogens is 286 g/mol. The molecule has 2 N–H and O–H groups in total. The number of aromatic amines is 1. The monoisotopic (exact) mass is 308 g/mol. The average Bonchev–Trinajstić information content (AvgIpc) is 2.87. The van der Waals surface area contributed by atoms with Gasteiger partial charge in [-0.2, -0.15) is 5.10 Å². The molecule has 120 valence electrons. The summed E-state index contributed by atoms with van der Waals surface area (Å²) in [7, 11) is 0. The normalized spacial score (nSPS) is 13.4. The molecule has 1 aromatic carbocycles. The third-order valence-corrected chi connectivity index (χ3v) is 3.51. The zero-order valence-electron chi connectivity index (χ0n) is 13.4. The van der Waals surface area contributed by atoms with E-state index >= 15 is 0 Å². The van der Waals surface area contributed by atoms with Crippen LogP contribution < -0.4 is 5.32 Å². The van der Waals surface area contributed by atoms with Gasteiger partial charge in [0.15, 0.2) is 0 Å². The second-order valence-corrected chi connectivity index (χ2v) is 6.40. The first-order chi connectivity index (χ1) is 10.3. The third kappa shape index (κ3) is 3.88. The fourth-order valence-corrected chi connectivity index (χ4v) is 2.39. The Kier molecular flexibility index (Phi) is 4.90. The summed E-state index contributed by atoms with van der Waals surface area (Å²) in [6.45, 7) is 8.43. The first-order valence-corrected chi connectivity index (χ1v) is 7.39. The van der Waals surface area contributed by atoms with Gasteiger partial charge in [0.05, 0.1) is 6.54 Å². The van der Waals surface area contributed by atoms with Crippen molar-refractivity contribution < 1.29 is 8.78 Å². The van der Waals surface area contributed by atoms with Crippen LogP contribution in [-0.4, -0.2) is 15.2 Å². The number of benzene rings is 1. The van der Waals surface area contributed by atoms with E-state index in [1.54, 1.807) is 0 Å². The van der Waals surface area contributed by atoms with Gasteiger partial charge in [-0.15, -0.1) is 0 Å². The predicted octanol–water partition coefficient (Wildman–Crippen LogP) is 3.52. The van der Waals surface area contributed by atoms with E-state index < -0.39 is 11.6 Å². The Morgan fingerprint density at radius 2 is 2.00 bits per heavy atom. The highest BCUT2D eigenvalue weighted by atomic mass is 19.1. The maximum absolute atomic E-state index is 14.1. The minimum atomic E-state index is -0.572. The first-order valence-electron chi connectivity index (χ1n) is 7.39. The zero-order valence-corrected chi connectivity index (χ0v) is 13.4. The fraction of sp³-hybridized carbons (Fsp3) is 0.500. The van der Waals surface area contributed by atoms with Crippen molar-refractivity contribution in [3.8, 4) is 0 Å². The maximum atomic E-state index is 14.1. The van der Waals surface area contributed by atoms with Crippen molar-refractivity contribution in [2.24, 2.45) is 5.41 Å². The Morgan fingerprint density at radius 1 is 1.27 bits per heavy atom. The van der Waals surface area contributed by atoms with Crippen molar-refractivity contribution >= 4 is 0 Å². The number of aromatic nitrogens is 3. The number of hydrogen-bond acceptors (Lipinski definition) is 3. The van der Waals surface area contributed by atoms with Crippen LogP contribution in [0.3, 0.4) is 0 Å². The summed E-state index contributed by atoms with van der Waals surface area (Å²) in [5, 5.41) is 10.2. The van der Waals surface area contributed by atoms with Gasteiger partial charge in [-0.05, 0) is 11.5 Å². The summed E-state index contributed by atoms with van der Waals surface area (Å²) in [6.07, 6.45) is 0.756. The quantitative estimate of drug-likeness (QED) is 0.888. The lowest BCUT2D eigenvalue weighted by Crippen LogP contribution is -2.33. The van der Waals surface area contributed by atoms with Gasteiger partial charge in [0.1, 0.15) is 23.3 Å². The Labute approximate surface area is 129 Å². The molecule has 0 aliphatic carbocycles. The molecule has 4 nitrogen and oxygen atoms in total. The highest BCUT2D eigenvalue weighted by Gasteiger charge is 2.28. The van der Waals surface area contributed by atoms with Gasteiger partial charge in [0.2, 0.25) is 0 Å². The SMILES string of the molecule is CCc1n[nH]c(CN[C@@H](c2ccc(F)cc2F)C(C)(C)C)n1. The van der Waals surface area contributed by atoms with Crippen LogP contribution in [0.5, 0.6) is 0 Å². The molecule has 0 aliphatic rings. The second-order valence-electron chi connectivity index (χ2n) is 6.40. The van der Waals surface area contributed by atoms with Gasteiger partial charge >= 0.3 is 0 Å². The smallest absolute Gasteiger partial charge is 0.150 e. The molecule has 22 heavy (non-hydrogen) atoms. The van der Waals surface area contributed by atoms with Crippen molar-refractivity contribution in [1.82, 2.24) is 20.5 Å². The molecule has 0 saturated carbocycles. The summed E-state index contributed by atoms with van der Waals surface area (Å²) in [6, 6.07) is 3.41. The minimum Gasteiger partial charge on any atom is -0.302 e. The molecule has 2 rings (SSSR count). The van der Waals surface area contributed by atoms with Crippen LogP contribution in [0.15, 0.2) is 18.2 Å². The standard InChI is InChI=1S/C16H22F2N4/c1-5-13-20-14(22-21-13)9-19-15(16(2,3)4)11-7-6-10(17)8-12(11)18/h6-8,15,19H,5,9H2,1-4H3,(H,20,21,22)/t15-/m0/s1. The largest absolute Gasteiger partial charge is 0.302 e. The number of nitrogens with one attached hydrogen (secondary N) is 2. The van der Waals surface area contributed by atoms with E-state index in [1.165, 1.54) is 12.1 Å². The number of rotatable bonds is 5. The predicted molar refractivity (Wildman–Crippen MR) is 81.2 cm³/mol. The number of hydrogen-bond donors (Lipinski definition) is 2. The summed E-state index contributed by atoms with van der Waals surface area (Å²) in [5.41, 5.74) is 0.204. The van der Waals surface area contributed by atoms with Crippen LogP contribution in [0, 0.1) is 17.0 Å². The summed E-state index contributed by atoms with van der Waals surface area (Å²) in [5.74, 6) is 0.335. The van der Waals surface area contributed by atoms with Crippen molar-refractivity contribution in [3.05, 3.63) is 47.0 Å². The lowest BCUT2D eigenvalue weighted by atomic mass is 9.82. The van der Waals surface area contributed by atoms with Gasteiger partial charge in [0.25, 0.3) is 0 Å². The molecule has 0 saturated heterocycles. The molecule has 0 unspecified atom stereocenters. The number of halogens is 2. The van der Waals surface area contributed by atoms with E-state index in [9.17, 15) is 8.78 Å². The van der Waals surface area contributed by atoms with E-state index in [2.05, 4.69) is 20.5 Å². The molecule has 0 fully saturated rings. The lowest BCUT2D eigenvalue weighted by Gasteiger charge is -2.32. The van der Waals surface area contributed by atoms with Crippen LogP contribution in [0.25, 0.3) is 0 Å². The van der Waals surface area contributed by atoms with Gasteiger partial charge in [-0.3, -0.25) is 5.10 Å². The number of aryl methyl sites for hydroxylation is 1. The first kappa shape index (κ1) is 16.5. The highest BCUT2D eigenvalue weighted by Crippen LogP contribution is 2.34. The van der Waals surface area contributed by atoms with Gasteiger partial charge in [0, 0.05) is 24.1 Å². The van der Waals surface area contributed by atoms with Crippen LogP contribution in [0.4, 0.5) is 8.78 Å². The molecule has 0 spiro atoms. The number of nitrogens with zero attached hydrogens (tertiary/aromatic N) is 2. The highest BCUT2D eigenvalue weighted by molar-refractivity contribution is 5.24. The Balaban J connectivity index is 2.20. The summed E-state index contributed by atoms with van der Waals surface area (Å²) >= 11 is 0. The Morgan fingerprint density at radius 3 is 2.55 bits per heavy atom. The van der Waals surface area contributed by atoms with Crippen molar-refractivity contribution in [2.75, 3.05) is 0 Å². The second kappa shape index (κ2) is 6.52. The zero-order chi connectivity index (χ0) is 16.3. The van der Waals surface area contributed by atoms with Crippen molar-refractivity contribution in [1.29, 1.82) is 0 Å². The molecule has 1 heterocycles. The molecule has 1 aromatic heterocycles. The van der Waals surface area contributed by atoms with E-state index in [4.69, 9.17) is 0 Å². The topological polar surface area (TPSA) is 53.6 Å². The fourth-order valence-electron chi connectivity index (χ4n) is 2.39. The Hall–Kier alpha value is -1.82. The van der Waals surface area contributed by atoms with Crippen LogP contribution in [0.2, 0.25) is 0 Å². The molecule has 6 heteroatoms. The molecule has 2 aromatic rings. The average molecular weight is 308 g/mol. The molecule has 0 aliphatic heterocycles. The Bertz CT molecular complexity index is 631.